The van der Waals surface area contributed by atoms with E-state index >= 15 is 0 Å². The van der Waals surface area contributed by atoms with Crippen molar-refractivity contribution in [1.82, 2.24) is 14.5 Å². The zero-order valence-corrected chi connectivity index (χ0v) is 17.7. The molecule has 1 amide bonds. The maximum absolute atomic E-state index is 11.1. The molecule has 1 N–H and O–H groups in total. The third-order valence-corrected chi connectivity index (χ3v) is 6.84. The molecular formula is C19H30N4O3Si. The van der Waals surface area contributed by atoms with Crippen LogP contribution in [0, 0.1) is 6.92 Å². The van der Waals surface area contributed by atoms with Gasteiger partial charge in [0.2, 0.25) is 0 Å². The number of carbonyl (C=O) groups is 1. The molecule has 1 fully saturated rings. The standard InChI is InChI=1S/C19H30N4O3Si/c1-15-16-5-6-23(14-26-11-12-27(2,3)4)17(16)13-20-18(15)21-7-9-22(10-8-21)19(24)25/h5-6,13H,7-12,14H2,1-4H3,(H,24,25). The van der Waals surface area contributed by atoms with E-state index in [1.165, 1.54) is 10.3 Å². The average Bonchev–Trinajstić information content (AvgIpc) is 3.02. The highest BCUT2D eigenvalue weighted by Crippen LogP contribution is 2.27. The van der Waals surface area contributed by atoms with E-state index in [0.29, 0.717) is 32.9 Å². The Bertz CT molecular complexity index is 807. The number of aryl methyl sites for hydroxylation is 1. The van der Waals surface area contributed by atoms with Gasteiger partial charge in [0.15, 0.2) is 0 Å². The Hall–Kier alpha value is -2.06. The smallest absolute Gasteiger partial charge is 0.407 e. The predicted molar refractivity (Wildman–Crippen MR) is 110 cm³/mol. The van der Waals surface area contributed by atoms with Gasteiger partial charge < -0.3 is 24.2 Å². The maximum Gasteiger partial charge on any atom is 0.407 e. The van der Waals surface area contributed by atoms with Crippen LogP contribution in [0.5, 0.6) is 0 Å². The number of pyridine rings is 1. The van der Waals surface area contributed by atoms with E-state index in [9.17, 15) is 4.79 Å². The van der Waals surface area contributed by atoms with Gasteiger partial charge in [0.05, 0.1) is 11.7 Å². The molecule has 7 nitrogen and oxygen atoms in total. The number of carboxylic acid groups (broad SMARTS) is 1. The zero-order valence-electron chi connectivity index (χ0n) is 16.7. The summed E-state index contributed by atoms with van der Waals surface area (Å²) in [6.45, 7) is 12.9. The Balaban J connectivity index is 1.69. The second-order valence-electron chi connectivity index (χ2n) is 8.40. The van der Waals surface area contributed by atoms with Crippen molar-refractivity contribution in [3.8, 4) is 0 Å². The first-order chi connectivity index (χ1) is 12.8. The molecular weight excluding hydrogens is 360 g/mol. The summed E-state index contributed by atoms with van der Waals surface area (Å²) in [6.07, 6.45) is 3.12. The van der Waals surface area contributed by atoms with Crippen molar-refractivity contribution in [2.75, 3.05) is 37.7 Å². The van der Waals surface area contributed by atoms with Gasteiger partial charge in [-0.15, -0.1) is 0 Å². The lowest BCUT2D eigenvalue weighted by atomic mass is 10.1. The predicted octanol–water partition coefficient (Wildman–Crippen LogP) is 3.46. The fourth-order valence-electron chi connectivity index (χ4n) is 3.37. The van der Waals surface area contributed by atoms with Gasteiger partial charge >= 0.3 is 6.09 Å². The number of nitrogens with zero attached hydrogens (tertiary/aromatic N) is 4. The van der Waals surface area contributed by atoms with E-state index in [2.05, 4.69) is 48.3 Å². The van der Waals surface area contributed by atoms with Crippen molar-refractivity contribution < 1.29 is 14.6 Å². The third-order valence-electron chi connectivity index (χ3n) is 5.13. The number of piperazine rings is 1. The Kier molecular flexibility index (Phi) is 5.76. The monoisotopic (exact) mass is 390 g/mol. The van der Waals surface area contributed by atoms with Crippen LogP contribution in [0.3, 0.4) is 0 Å². The van der Waals surface area contributed by atoms with Crippen LogP contribution in [0.25, 0.3) is 10.9 Å². The Morgan fingerprint density at radius 1 is 1.26 bits per heavy atom. The molecule has 1 aliphatic heterocycles. The summed E-state index contributed by atoms with van der Waals surface area (Å²) >= 11 is 0. The molecule has 27 heavy (non-hydrogen) atoms. The van der Waals surface area contributed by atoms with Crippen molar-refractivity contribution in [1.29, 1.82) is 0 Å². The van der Waals surface area contributed by atoms with Crippen LogP contribution in [-0.4, -0.2) is 66.5 Å². The minimum atomic E-state index is -1.07. The first-order valence-corrected chi connectivity index (χ1v) is 13.2. The molecule has 3 rings (SSSR count). The molecule has 0 unspecified atom stereocenters. The van der Waals surface area contributed by atoms with Crippen molar-refractivity contribution in [2.45, 2.75) is 39.3 Å². The molecule has 8 heteroatoms. The molecule has 0 aromatic carbocycles. The van der Waals surface area contributed by atoms with Crippen molar-refractivity contribution in [3.05, 3.63) is 24.0 Å². The molecule has 148 valence electrons. The summed E-state index contributed by atoms with van der Waals surface area (Å²) in [5.74, 6) is 0.949. The van der Waals surface area contributed by atoms with Crippen molar-refractivity contribution >= 4 is 30.9 Å². The summed E-state index contributed by atoms with van der Waals surface area (Å²) in [5, 5.41) is 10.3. The Morgan fingerprint density at radius 3 is 2.59 bits per heavy atom. The van der Waals surface area contributed by atoms with E-state index in [-0.39, 0.29) is 0 Å². The lowest BCUT2D eigenvalue weighted by molar-refractivity contribution is 0.0902. The molecule has 3 heterocycles. The summed E-state index contributed by atoms with van der Waals surface area (Å²) in [7, 11) is -1.07. The quantitative estimate of drug-likeness (QED) is 0.604. The van der Waals surface area contributed by atoms with Gasteiger partial charge in [-0.2, -0.15) is 0 Å². The third kappa shape index (κ3) is 4.62. The van der Waals surface area contributed by atoms with Crippen LogP contribution in [0.2, 0.25) is 25.7 Å². The number of rotatable bonds is 6. The number of hydrogen-bond donors (Lipinski definition) is 1. The fraction of sp³-hybridized carbons (Fsp3) is 0.579. The second kappa shape index (κ2) is 7.90. The van der Waals surface area contributed by atoms with Crippen LogP contribution in [-0.2, 0) is 11.5 Å². The van der Waals surface area contributed by atoms with Gasteiger partial charge in [-0.3, -0.25) is 0 Å². The highest BCUT2D eigenvalue weighted by molar-refractivity contribution is 6.76. The van der Waals surface area contributed by atoms with E-state index < -0.39 is 14.2 Å². The minimum Gasteiger partial charge on any atom is -0.465 e. The lowest BCUT2D eigenvalue weighted by Crippen LogP contribution is -2.48. The van der Waals surface area contributed by atoms with E-state index in [0.717, 1.165) is 29.5 Å². The van der Waals surface area contributed by atoms with Gasteiger partial charge in [0.1, 0.15) is 12.5 Å². The van der Waals surface area contributed by atoms with Gasteiger partial charge in [-0.25, -0.2) is 9.78 Å². The van der Waals surface area contributed by atoms with Crippen molar-refractivity contribution in [3.63, 3.8) is 0 Å². The maximum atomic E-state index is 11.1. The number of fused-ring (bicyclic) bond motifs is 1. The van der Waals surface area contributed by atoms with Gasteiger partial charge in [0, 0.05) is 58.0 Å². The molecule has 0 bridgehead atoms. The summed E-state index contributed by atoms with van der Waals surface area (Å²) in [4.78, 5) is 19.4. The van der Waals surface area contributed by atoms with Crippen LogP contribution >= 0.6 is 0 Å². The molecule has 0 saturated carbocycles. The number of aromatic nitrogens is 2. The summed E-state index contributed by atoms with van der Waals surface area (Å²) in [6, 6.07) is 3.28. The highest BCUT2D eigenvalue weighted by atomic mass is 28.3. The second-order valence-corrected chi connectivity index (χ2v) is 14.0. The molecule has 0 aliphatic carbocycles. The largest absolute Gasteiger partial charge is 0.465 e. The van der Waals surface area contributed by atoms with Crippen molar-refractivity contribution in [2.24, 2.45) is 0 Å². The molecule has 0 radical (unpaired) electrons. The number of hydrogen-bond acceptors (Lipinski definition) is 4. The minimum absolute atomic E-state index is 0.514. The highest BCUT2D eigenvalue weighted by Gasteiger charge is 2.23. The molecule has 0 spiro atoms. The van der Waals surface area contributed by atoms with Gasteiger partial charge in [-0.05, 0) is 19.0 Å². The summed E-state index contributed by atoms with van der Waals surface area (Å²) in [5.41, 5.74) is 2.21. The van der Waals surface area contributed by atoms with Gasteiger partial charge in [0.25, 0.3) is 0 Å². The summed E-state index contributed by atoms with van der Waals surface area (Å²) < 4.78 is 7.98. The number of ether oxygens (including phenoxy) is 1. The Morgan fingerprint density at radius 2 is 1.96 bits per heavy atom. The lowest BCUT2D eigenvalue weighted by Gasteiger charge is -2.34. The first kappa shape index (κ1) is 19.7. The Labute approximate surface area is 161 Å². The van der Waals surface area contributed by atoms with E-state index in [1.54, 1.807) is 0 Å². The topological polar surface area (TPSA) is 70.8 Å². The van der Waals surface area contributed by atoms with E-state index in [4.69, 9.17) is 14.8 Å². The molecule has 2 aromatic heterocycles. The van der Waals surface area contributed by atoms with Crippen LogP contribution < -0.4 is 4.90 Å². The fourth-order valence-corrected chi connectivity index (χ4v) is 4.12. The molecule has 0 atom stereocenters. The zero-order chi connectivity index (χ0) is 19.6. The van der Waals surface area contributed by atoms with Gasteiger partial charge in [-0.1, -0.05) is 19.6 Å². The molecule has 1 aliphatic rings. The average molecular weight is 391 g/mol. The number of anilines is 1. The first-order valence-electron chi connectivity index (χ1n) is 9.51. The normalized spacial score (nSPS) is 15.6. The number of amides is 1. The molecule has 2 aromatic rings. The van der Waals surface area contributed by atoms with Crippen LogP contribution in [0.1, 0.15) is 5.56 Å². The molecule has 1 saturated heterocycles. The SMILES string of the molecule is Cc1c(N2CCN(C(=O)O)CC2)ncc2c1ccn2COCC[Si](C)(C)C. The van der Waals surface area contributed by atoms with Crippen LogP contribution in [0.15, 0.2) is 18.5 Å². The van der Waals surface area contributed by atoms with Crippen LogP contribution in [0.4, 0.5) is 10.6 Å². The van der Waals surface area contributed by atoms with E-state index in [1.807, 2.05) is 6.20 Å².